The van der Waals surface area contributed by atoms with Crippen LogP contribution in [0.2, 0.25) is 0 Å². The Morgan fingerprint density at radius 3 is 2.53 bits per heavy atom. The molecule has 1 aromatic rings. The van der Waals surface area contributed by atoms with Crippen molar-refractivity contribution in [3.63, 3.8) is 0 Å². The molecule has 0 atom stereocenters. The van der Waals surface area contributed by atoms with E-state index in [1.165, 1.54) is 0 Å². The average Bonchev–Trinajstić information content (AvgIpc) is 2.41. The topological polar surface area (TPSA) is 40.5 Å². The van der Waals surface area contributed by atoms with Gasteiger partial charge in [0.25, 0.3) is 0 Å². The minimum absolute atomic E-state index is 0.0961. The third-order valence-corrected chi connectivity index (χ3v) is 4.22. The molecule has 0 amide bonds. The van der Waals surface area contributed by atoms with Gasteiger partial charge in [-0.15, -0.1) is 0 Å². The van der Waals surface area contributed by atoms with Crippen LogP contribution in [0, 0.1) is 0 Å². The summed E-state index contributed by atoms with van der Waals surface area (Å²) < 4.78 is 0. The first-order valence-corrected chi connectivity index (χ1v) is 7.01. The van der Waals surface area contributed by atoms with E-state index in [4.69, 9.17) is 0 Å². The Labute approximate surface area is 115 Å². The number of carbonyl (C=O) groups excluding carboxylic acids is 1. The largest absolute Gasteiger partial charge is 0.385 e. The molecule has 0 unspecified atom stereocenters. The third-order valence-electron chi connectivity index (χ3n) is 4.22. The van der Waals surface area contributed by atoms with E-state index in [0.717, 1.165) is 49.0 Å². The molecule has 0 radical (unpaired) electrons. The van der Waals surface area contributed by atoms with Gasteiger partial charge < -0.3 is 10.0 Å². The van der Waals surface area contributed by atoms with Crippen LogP contribution in [-0.2, 0) is 12.0 Å². The zero-order valence-electron chi connectivity index (χ0n) is 12.1. The van der Waals surface area contributed by atoms with E-state index in [2.05, 4.69) is 11.9 Å². The molecule has 1 saturated heterocycles. The Balaban J connectivity index is 2.33. The minimum Gasteiger partial charge on any atom is -0.385 e. The zero-order valence-corrected chi connectivity index (χ0v) is 12.1. The van der Waals surface area contributed by atoms with E-state index in [9.17, 15) is 9.90 Å². The molecule has 19 heavy (non-hydrogen) atoms. The number of rotatable bonds is 3. The van der Waals surface area contributed by atoms with Crippen molar-refractivity contribution in [3.05, 3.63) is 34.9 Å². The predicted octanol–water partition coefficient (Wildman–Crippen LogP) is 2.36. The lowest BCUT2D eigenvalue weighted by Gasteiger charge is -2.37. The van der Waals surface area contributed by atoms with Gasteiger partial charge in [-0.25, -0.2) is 0 Å². The van der Waals surface area contributed by atoms with Crippen molar-refractivity contribution < 1.29 is 9.90 Å². The standard InChI is InChI=1S/C16H23NO2/c1-4-13-11-14(5-6-15(13)12(2)18)16(19)7-9-17(3)10-8-16/h5-6,11,19H,4,7-10H2,1-3H3. The highest BCUT2D eigenvalue weighted by Gasteiger charge is 2.33. The van der Waals surface area contributed by atoms with E-state index < -0.39 is 5.60 Å². The maximum atomic E-state index is 11.6. The number of likely N-dealkylation sites (tertiary alicyclic amines) is 1. The maximum Gasteiger partial charge on any atom is 0.160 e. The van der Waals surface area contributed by atoms with Crippen LogP contribution in [0.5, 0.6) is 0 Å². The monoisotopic (exact) mass is 261 g/mol. The highest BCUT2D eigenvalue weighted by Crippen LogP contribution is 2.33. The lowest BCUT2D eigenvalue weighted by molar-refractivity contribution is -0.0203. The molecule has 104 valence electrons. The molecule has 3 nitrogen and oxygen atoms in total. The highest BCUT2D eigenvalue weighted by atomic mass is 16.3. The number of aryl methyl sites for hydroxylation is 1. The number of carbonyl (C=O) groups is 1. The van der Waals surface area contributed by atoms with Gasteiger partial charge in [0, 0.05) is 18.7 Å². The van der Waals surface area contributed by atoms with Gasteiger partial charge in [-0.3, -0.25) is 4.79 Å². The number of hydrogen-bond donors (Lipinski definition) is 1. The Bertz CT molecular complexity index is 474. The molecule has 0 aliphatic carbocycles. The van der Waals surface area contributed by atoms with E-state index in [-0.39, 0.29) is 5.78 Å². The molecule has 1 aliphatic heterocycles. The van der Waals surface area contributed by atoms with Crippen LogP contribution in [-0.4, -0.2) is 35.9 Å². The summed E-state index contributed by atoms with van der Waals surface area (Å²) in [7, 11) is 2.08. The molecule has 1 N–H and O–H groups in total. The Morgan fingerprint density at radius 2 is 2.00 bits per heavy atom. The van der Waals surface area contributed by atoms with Crippen molar-refractivity contribution in [1.29, 1.82) is 0 Å². The number of benzene rings is 1. The number of Topliss-reactive ketones (excluding diaryl/α,β-unsaturated/α-hetero) is 1. The van der Waals surface area contributed by atoms with Crippen LogP contribution < -0.4 is 0 Å². The van der Waals surface area contributed by atoms with Crippen LogP contribution in [0.3, 0.4) is 0 Å². The first kappa shape index (κ1) is 14.2. The lowest BCUT2D eigenvalue weighted by Crippen LogP contribution is -2.40. The van der Waals surface area contributed by atoms with Crippen molar-refractivity contribution in [3.8, 4) is 0 Å². The quantitative estimate of drug-likeness (QED) is 0.849. The molecule has 0 bridgehead atoms. The smallest absolute Gasteiger partial charge is 0.160 e. The summed E-state index contributed by atoms with van der Waals surface area (Å²) >= 11 is 0. The number of ketones is 1. The molecule has 1 fully saturated rings. The minimum atomic E-state index is -0.730. The van der Waals surface area contributed by atoms with Gasteiger partial charge in [0.15, 0.2) is 5.78 Å². The van der Waals surface area contributed by atoms with Gasteiger partial charge >= 0.3 is 0 Å². The molecule has 0 saturated carbocycles. The maximum absolute atomic E-state index is 11.6. The molecule has 1 aromatic carbocycles. The fraction of sp³-hybridized carbons (Fsp3) is 0.562. The van der Waals surface area contributed by atoms with Gasteiger partial charge in [-0.1, -0.05) is 25.1 Å². The van der Waals surface area contributed by atoms with Crippen molar-refractivity contribution >= 4 is 5.78 Å². The van der Waals surface area contributed by atoms with E-state index in [0.29, 0.717) is 0 Å². The third kappa shape index (κ3) is 2.88. The lowest BCUT2D eigenvalue weighted by atomic mass is 9.82. The van der Waals surface area contributed by atoms with Crippen molar-refractivity contribution in [2.45, 2.75) is 38.7 Å². The second-order valence-electron chi connectivity index (χ2n) is 5.62. The fourth-order valence-corrected chi connectivity index (χ4v) is 2.80. The van der Waals surface area contributed by atoms with Gasteiger partial charge in [0.1, 0.15) is 0 Å². The number of hydrogen-bond acceptors (Lipinski definition) is 3. The predicted molar refractivity (Wildman–Crippen MR) is 76.5 cm³/mol. The molecular weight excluding hydrogens is 238 g/mol. The van der Waals surface area contributed by atoms with Crippen LogP contribution in [0.25, 0.3) is 0 Å². The van der Waals surface area contributed by atoms with Gasteiger partial charge in [-0.05, 0) is 44.4 Å². The van der Waals surface area contributed by atoms with Crippen LogP contribution >= 0.6 is 0 Å². The Kier molecular flexibility index (Phi) is 4.07. The average molecular weight is 261 g/mol. The van der Waals surface area contributed by atoms with Crippen LogP contribution in [0.4, 0.5) is 0 Å². The van der Waals surface area contributed by atoms with Crippen molar-refractivity contribution in [1.82, 2.24) is 4.90 Å². The Hall–Kier alpha value is -1.19. The van der Waals surface area contributed by atoms with E-state index in [1.54, 1.807) is 6.92 Å². The van der Waals surface area contributed by atoms with Crippen LogP contribution in [0.1, 0.15) is 48.2 Å². The molecule has 1 heterocycles. The molecule has 1 aliphatic rings. The molecule has 3 heteroatoms. The molecule has 2 rings (SSSR count). The number of piperidine rings is 1. The summed E-state index contributed by atoms with van der Waals surface area (Å²) in [5.74, 6) is 0.0961. The van der Waals surface area contributed by atoms with Gasteiger partial charge in [0.2, 0.25) is 0 Å². The fourth-order valence-electron chi connectivity index (χ4n) is 2.80. The summed E-state index contributed by atoms with van der Waals surface area (Å²) in [5.41, 5.74) is 2.05. The SMILES string of the molecule is CCc1cc(C2(O)CCN(C)CC2)ccc1C(C)=O. The second-order valence-corrected chi connectivity index (χ2v) is 5.62. The Morgan fingerprint density at radius 1 is 1.37 bits per heavy atom. The van der Waals surface area contributed by atoms with Gasteiger partial charge in [0.05, 0.1) is 5.60 Å². The summed E-state index contributed by atoms with van der Waals surface area (Å²) in [4.78, 5) is 13.8. The first-order chi connectivity index (χ1) is 8.96. The highest BCUT2D eigenvalue weighted by molar-refractivity contribution is 5.95. The summed E-state index contributed by atoms with van der Waals surface area (Å²) in [6.07, 6.45) is 2.33. The normalized spacial score (nSPS) is 19.4. The van der Waals surface area contributed by atoms with Crippen LogP contribution in [0.15, 0.2) is 18.2 Å². The number of nitrogens with zero attached hydrogens (tertiary/aromatic N) is 1. The molecule has 0 aromatic heterocycles. The van der Waals surface area contributed by atoms with E-state index in [1.807, 2.05) is 25.1 Å². The summed E-state index contributed by atoms with van der Waals surface area (Å²) in [6, 6.07) is 5.80. The van der Waals surface area contributed by atoms with E-state index >= 15 is 0 Å². The zero-order chi connectivity index (χ0) is 14.0. The van der Waals surface area contributed by atoms with Gasteiger partial charge in [-0.2, -0.15) is 0 Å². The van der Waals surface area contributed by atoms with Crippen molar-refractivity contribution in [2.24, 2.45) is 0 Å². The number of aliphatic hydroxyl groups is 1. The molecule has 0 spiro atoms. The molecular formula is C16H23NO2. The summed E-state index contributed by atoms with van der Waals surface area (Å²) in [6.45, 7) is 5.46. The summed E-state index contributed by atoms with van der Waals surface area (Å²) in [5, 5.41) is 10.8. The second kappa shape index (κ2) is 5.43. The van der Waals surface area contributed by atoms with Crippen molar-refractivity contribution in [2.75, 3.05) is 20.1 Å². The first-order valence-electron chi connectivity index (χ1n) is 7.01.